The average Bonchev–Trinajstić information content (AvgIpc) is 3.30. The summed E-state index contributed by atoms with van der Waals surface area (Å²) in [6, 6.07) is 26.2. The molecule has 0 aromatic heterocycles. The molecule has 63 heavy (non-hydrogen) atoms. The summed E-state index contributed by atoms with van der Waals surface area (Å²) in [7, 11) is 0. The molecule has 1 heterocycles. The lowest BCUT2D eigenvalue weighted by Crippen LogP contribution is -2.70. The molecule has 0 radical (unpaired) electrons. The Morgan fingerprint density at radius 1 is 0.937 bits per heavy atom. The lowest BCUT2D eigenvalue weighted by molar-refractivity contribution is -0.256. The van der Waals surface area contributed by atoms with E-state index < -0.39 is 23.8 Å². The third-order valence-electron chi connectivity index (χ3n) is 12.6. The maximum atomic E-state index is 14.8. The lowest BCUT2D eigenvalue weighted by Gasteiger charge is -2.59. The van der Waals surface area contributed by atoms with Gasteiger partial charge in [-0.25, -0.2) is 4.79 Å². The first-order valence-electron chi connectivity index (χ1n) is 22.3. The summed E-state index contributed by atoms with van der Waals surface area (Å²) in [5.41, 5.74) is 3.98. The van der Waals surface area contributed by atoms with Crippen LogP contribution in [0, 0.1) is 17.8 Å². The molecule has 1 amide bonds. The fraction of sp³-hybridized carbons (Fsp3) is 0.404. The van der Waals surface area contributed by atoms with Crippen LogP contribution in [0.15, 0.2) is 127 Å². The van der Waals surface area contributed by atoms with Crippen molar-refractivity contribution in [3.8, 4) is 17.2 Å². The van der Waals surface area contributed by atoms with Crippen LogP contribution in [0.5, 0.6) is 17.2 Å². The van der Waals surface area contributed by atoms with Crippen LogP contribution < -0.4 is 9.47 Å². The van der Waals surface area contributed by atoms with E-state index in [1.807, 2.05) is 55.5 Å². The first kappa shape index (κ1) is 45.3. The number of ether oxygens (including phenoxy) is 4. The van der Waals surface area contributed by atoms with E-state index >= 15 is 0 Å². The van der Waals surface area contributed by atoms with E-state index in [1.165, 1.54) is 0 Å². The summed E-state index contributed by atoms with van der Waals surface area (Å²) in [4.78, 5) is 34.2. The monoisotopic (exact) mass is 856 g/mol. The number of oxime groups is 1. The number of hydrogen-bond donors (Lipinski definition) is 2. The number of benzene rings is 4. The van der Waals surface area contributed by atoms with E-state index in [4.69, 9.17) is 28.9 Å². The number of nitrogens with zero attached hydrogens (tertiary/aromatic N) is 2. The molecular weight excluding hydrogens is 797 g/mol. The molecule has 0 unspecified atom stereocenters. The SMILES string of the molecule is C=CCCOC(=O)N(Cc1cccc2ccccc12)[C@H]1CC(=NOCC)C2=C[C@H](CCCCO)[C@@H](CCCCO)[C@@H]3c4cc(Oc5cccc(C=O)c5)ccc4O[C@@]1(OCC=C)[C@H]23. The molecule has 4 aromatic rings. The molecule has 0 spiro atoms. The van der Waals surface area contributed by atoms with Gasteiger partial charge in [0.25, 0.3) is 0 Å². The van der Waals surface area contributed by atoms with Gasteiger partial charge in [0.1, 0.15) is 36.2 Å². The van der Waals surface area contributed by atoms with Gasteiger partial charge in [-0.05, 0) is 103 Å². The Kier molecular flexibility index (Phi) is 15.5. The lowest BCUT2D eigenvalue weighted by atomic mass is 9.55. The number of carbonyl (C=O) groups is 2. The second kappa shape index (κ2) is 21.6. The molecule has 6 atom stereocenters. The molecule has 0 saturated heterocycles. The number of allylic oxidation sites excluding steroid dienone is 1. The highest BCUT2D eigenvalue weighted by Gasteiger charge is 2.65. The molecule has 11 nitrogen and oxygen atoms in total. The normalized spacial score (nSPS) is 22.8. The van der Waals surface area contributed by atoms with Crippen LogP contribution in [0.3, 0.4) is 0 Å². The van der Waals surface area contributed by atoms with Crippen molar-refractivity contribution >= 4 is 28.9 Å². The van der Waals surface area contributed by atoms with E-state index in [1.54, 1.807) is 35.3 Å². The van der Waals surface area contributed by atoms with Gasteiger partial charge in [-0.1, -0.05) is 90.8 Å². The molecule has 7 rings (SSSR count). The van der Waals surface area contributed by atoms with Gasteiger partial charge >= 0.3 is 6.09 Å². The number of unbranched alkanes of at least 4 members (excludes halogenated alkanes) is 2. The quantitative estimate of drug-likeness (QED) is 0.0343. The van der Waals surface area contributed by atoms with Crippen molar-refractivity contribution in [2.75, 3.05) is 33.0 Å². The highest BCUT2D eigenvalue weighted by Crippen LogP contribution is 2.62. The van der Waals surface area contributed by atoms with Crippen molar-refractivity contribution in [3.63, 3.8) is 0 Å². The highest BCUT2D eigenvalue weighted by molar-refractivity contribution is 6.03. The molecule has 3 aliphatic rings. The molecule has 2 N–H and O–H groups in total. The Morgan fingerprint density at radius 2 is 1.71 bits per heavy atom. The van der Waals surface area contributed by atoms with Gasteiger partial charge in [-0.3, -0.25) is 9.69 Å². The second-order valence-electron chi connectivity index (χ2n) is 16.4. The van der Waals surface area contributed by atoms with E-state index in [0.29, 0.717) is 54.4 Å². The highest BCUT2D eigenvalue weighted by atomic mass is 16.7. The van der Waals surface area contributed by atoms with Crippen molar-refractivity contribution < 1.29 is 43.6 Å². The Hall–Kier alpha value is -5.75. The van der Waals surface area contributed by atoms with Gasteiger partial charge in [0.15, 0.2) is 0 Å². The molecule has 4 aromatic carbocycles. The minimum atomic E-state index is -1.48. The molecule has 1 saturated carbocycles. The van der Waals surface area contributed by atoms with Crippen molar-refractivity contribution in [2.24, 2.45) is 22.9 Å². The Labute approximate surface area is 370 Å². The number of aldehydes is 1. The Bertz CT molecular complexity index is 2280. The second-order valence-corrected chi connectivity index (χ2v) is 16.4. The predicted octanol–water partition coefficient (Wildman–Crippen LogP) is 10.3. The number of carbonyl (C=O) groups excluding carboxylic acids is 2. The van der Waals surface area contributed by atoms with E-state index in [0.717, 1.165) is 59.4 Å². The fourth-order valence-corrected chi connectivity index (χ4v) is 9.87. The van der Waals surface area contributed by atoms with Gasteiger partial charge in [0.05, 0.1) is 31.4 Å². The predicted molar refractivity (Wildman–Crippen MR) is 244 cm³/mol. The molecule has 0 bridgehead atoms. The molecule has 2 aliphatic carbocycles. The number of fused-ring (bicyclic) bond motifs is 3. The summed E-state index contributed by atoms with van der Waals surface area (Å²) in [6.07, 6.45) is 11.2. The van der Waals surface area contributed by atoms with E-state index in [2.05, 4.69) is 37.4 Å². The zero-order valence-electron chi connectivity index (χ0n) is 36.2. The van der Waals surface area contributed by atoms with Gasteiger partial charge in [-0.15, -0.1) is 13.2 Å². The van der Waals surface area contributed by atoms with Crippen LogP contribution in [0.25, 0.3) is 10.8 Å². The number of rotatable bonds is 22. The van der Waals surface area contributed by atoms with Crippen LogP contribution in [-0.2, 0) is 20.9 Å². The fourth-order valence-electron chi connectivity index (χ4n) is 9.87. The topological polar surface area (TPSA) is 136 Å². The van der Waals surface area contributed by atoms with Gasteiger partial charge < -0.3 is 34.0 Å². The third kappa shape index (κ3) is 9.91. The number of aliphatic hydroxyl groups excluding tert-OH is 2. The van der Waals surface area contributed by atoms with Crippen molar-refractivity contribution in [1.29, 1.82) is 0 Å². The van der Waals surface area contributed by atoms with Crippen LogP contribution in [0.4, 0.5) is 4.79 Å². The summed E-state index contributed by atoms with van der Waals surface area (Å²) < 4.78 is 27.1. The first-order valence-corrected chi connectivity index (χ1v) is 22.3. The summed E-state index contributed by atoms with van der Waals surface area (Å²) in [6.45, 7) is 10.8. The van der Waals surface area contributed by atoms with Crippen LogP contribution in [0.1, 0.15) is 85.7 Å². The average molecular weight is 857 g/mol. The third-order valence-corrected chi connectivity index (χ3v) is 12.6. The minimum Gasteiger partial charge on any atom is -0.459 e. The molecule has 11 heteroatoms. The number of amides is 1. The smallest absolute Gasteiger partial charge is 0.410 e. The summed E-state index contributed by atoms with van der Waals surface area (Å²) >= 11 is 0. The maximum Gasteiger partial charge on any atom is 0.410 e. The molecular formula is C52H60N2O9. The molecule has 1 fully saturated rings. The molecule has 332 valence electrons. The number of hydrogen-bond acceptors (Lipinski definition) is 10. The first-order chi connectivity index (χ1) is 30.9. The van der Waals surface area contributed by atoms with Crippen molar-refractivity contribution in [1.82, 2.24) is 4.90 Å². The van der Waals surface area contributed by atoms with E-state index in [-0.39, 0.29) is 57.1 Å². The summed E-state index contributed by atoms with van der Waals surface area (Å²) in [5.74, 6) is -0.483. The number of aliphatic hydroxyl groups is 2. The van der Waals surface area contributed by atoms with Crippen LogP contribution in [-0.4, -0.2) is 78.1 Å². The zero-order valence-corrected chi connectivity index (χ0v) is 36.2. The zero-order chi connectivity index (χ0) is 44.2. The minimum absolute atomic E-state index is 0.0187. The van der Waals surface area contributed by atoms with Crippen LogP contribution >= 0.6 is 0 Å². The Balaban J connectivity index is 1.46. The van der Waals surface area contributed by atoms with Gasteiger partial charge in [0.2, 0.25) is 5.79 Å². The largest absolute Gasteiger partial charge is 0.459 e. The van der Waals surface area contributed by atoms with Gasteiger partial charge in [0, 0.05) is 36.7 Å². The van der Waals surface area contributed by atoms with Gasteiger partial charge in [-0.2, -0.15) is 0 Å². The Morgan fingerprint density at radius 3 is 2.49 bits per heavy atom. The summed E-state index contributed by atoms with van der Waals surface area (Å²) in [5, 5.41) is 26.8. The van der Waals surface area contributed by atoms with Crippen molar-refractivity contribution in [2.45, 2.75) is 82.6 Å². The van der Waals surface area contributed by atoms with Crippen LogP contribution in [0.2, 0.25) is 0 Å². The standard InChI is InChI=1S/C52H60N2O9/c1-4-7-29-59-51(58)54(34-39-20-15-19-37-17-8-9-22-42(37)39)48-33-46(53-61-6-3)44-31-38(18-10-12-26-55)43(23-11-13-27-56)49-45-32-41(62-40-21-14-16-36(30-40)35-57)24-25-47(45)63-52(48,50(44)49)60-28-5-2/h4-5,8-9,14-17,19-22,24-25,30-32,35,38,43,48-50,55-56H,1-2,6-7,10-13,18,23,26-29,33-34H2,3H3/t38-,43+,48-,49+,50+,52+/m0/s1. The molecule has 1 aliphatic heterocycles. The van der Waals surface area contributed by atoms with E-state index in [9.17, 15) is 19.8 Å². The van der Waals surface area contributed by atoms with Crippen molar-refractivity contribution in [3.05, 3.63) is 139 Å². The maximum absolute atomic E-state index is 14.8.